The summed E-state index contributed by atoms with van der Waals surface area (Å²) in [6.45, 7) is 12.1. The zero-order valence-electron chi connectivity index (χ0n) is 70.5. The summed E-state index contributed by atoms with van der Waals surface area (Å²) in [7, 11) is 1.97. The summed E-state index contributed by atoms with van der Waals surface area (Å²) in [6.07, 6.45) is 10.5. The van der Waals surface area contributed by atoms with Crippen molar-refractivity contribution in [3.8, 4) is 56.9 Å². The molecule has 5 fully saturated rings. The number of piperidine rings is 4. The van der Waals surface area contributed by atoms with Gasteiger partial charge in [0.2, 0.25) is 0 Å². The van der Waals surface area contributed by atoms with Crippen molar-refractivity contribution in [2.75, 3.05) is 117 Å². The van der Waals surface area contributed by atoms with Gasteiger partial charge in [-0.15, -0.1) is 0 Å². The average Bonchev–Trinajstić information content (AvgIpc) is 1.68. The molecule has 0 aliphatic carbocycles. The lowest BCUT2D eigenvalue weighted by Crippen LogP contribution is -2.48. The largest absolute Gasteiger partial charge is 0.373 e. The van der Waals surface area contributed by atoms with Gasteiger partial charge in [0, 0.05) is 114 Å². The van der Waals surface area contributed by atoms with Crippen LogP contribution in [0.1, 0.15) is 119 Å². The van der Waals surface area contributed by atoms with Crippen LogP contribution in [0.15, 0.2) is 154 Å². The third kappa shape index (κ3) is 20.8. The number of morpholine rings is 1. The molecule has 9 N–H and O–H groups in total. The van der Waals surface area contributed by atoms with Gasteiger partial charge in [-0.1, -0.05) is 0 Å². The van der Waals surface area contributed by atoms with Gasteiger partial charge in [-0.3, -0.25) is 0 Å². The van der Waals surface area contributed by atoms with Crippen LogP contribution in [0.3, 0.4) is 0 Å². The van der Waals surface area contributed by atoms with Crippen molar-refractivity contribution in [2.45, 2.75) is 115 Å². The Kier molecular flexibility index (Phi) is 28.3. The van der Waals surface area contributed by atoms with E-state index in [-0.39, 0.29) is 46.7 Å². The van der Waals surface area contributed by atoms with Gasteiger partial charge in [0.1, 0.15) is 118 Å². The molecule has 0 aromatic carbocycles. The fourth-order valence-corrected chi connectivity index (χ4v) is 16.1. The Balaban J connectivity index is 0.000000119. The number of anilines is 5. The minimum absolute atomic E-state index is 0.0479. The van der Waals surface area contributed by atoms with Crippen molar-refractivity contribution in [3.63, 3.8) is 0 Å². The number of fused-ring (bicyclic) bond motifs is 5. The molecule has 46 heteroatoms. The Morgan fingerprint density at radius 2 is 0.669 bits per heavy atom. The lowest BCUT2D eigenvalue weighted by atomic mass is 9.98. The maximum Gasteiger partial charge on any atom is 0.282 e. The number of hydrogen-bond donors (Lipinski definition) is 5. The number of aromatic nitrogens is 25. The standard InChI is InChI=1S/C18H21F2N7.2C17H19F2N7.C16H17F2N7O.C16H17F2N7/c1-21-8-12-3-2-6-26(10-12)17-7-14(23-11-24-17)15-9-22-16-5-4-13(18(19)20)25-27(15)16;1-10-2-3-11(20)8-25(10)16-6-13(22-9-23-16)14-7-21-15-5-4-12(17(18)19)24-26(14)15;18-17(19)12-3-4-15-21-8-14(26(15)24-12)13-6-16(23-10-22-13)25-5-1-2-11(7-20)9-25;17-16(18)11-1-2-14-20-7-13(25(14)23-11)12-5-15(22-9-21-12)24-3-4-26-10(6-19)8-24;17-16(18)11-3-4-14-20-7-13(25(14)23-11)12-6-15(22-9-21-12)24-5-1-2-10(19)8-24/h4-5,7,9,11-12,18,21H,2-3,6,8,10H2,1H3;4-7,9-11,17H,2-3,8,20H2,1H3;3-4,6,8,10-11,17H,1-2,5,7,9,20H2;1-2,5,7,9-10,16H,3-4,6,8,19H2;3-4,6-7,9-10,16H,1-2,5,8,19H2/t;;;;10-/m....0/s1. The van der Waals surface area contributed by atoms with Gasteiger partial charge in [0.05, 0.1) is 72.2 Å². The third-order valence-electron chi connectivity index (χ3n) is 22.8. The summed E-state index contributed by atoms with van der Waals surface area (Å²) < 4.78 is 142. The van der Waals surface area contributed by atoms with Crippen LogP contribution in [0.5, 0.6) is 0 Å². The number of halogens is 10. The van der Waals surface area contributed by atoms with E-state index in [9.17, 15) is 43.9 Å². The molecule has 0 spiro atoms. The molecular formula is C84H93F10N35O. The van der Waals surface area contributed by atoms with Crippen molar-refractivity contribution >= 4 is 57.3 Å². The van der Waals surface area contributed by atoms with Crippen molar-refractivity contribution in [1.82, 2.24) is 128 Å². The third-order valence-corrected chi connectivity index (χ3v) is 22.8. The zero-order chi connectivity index (χ0) is 90.6. The molecule has 5 saturated heterocycles. The first-order valence-electron chi connectivity index (χ1n) is 42.3. The van der Waals surface area contributed by atoms with Gasteiger partial charge in [-0.2, -0.15) is 25.5 Å². The molecule has 36 nitrogen and oxygen atoms in total. The molecule has 20 rings (SSSR count). The molecule has 20 heterocycles. The molecule has 5 aliphatic heterocycles. The molecule has 5 unspecified atom stereocenters. The quantitative estimate of drug-likeness (QED) is 0.0469. The predicted molar refractivity (Wildman–Crippen MR) is 462 cm³/mol. The molecule has 0 amide bonds. The molecule has 0 radical (unpaired) electrons. The molecule has 15 aromatic rings. The molecular weight excluding hydrogens is 1710 g/mol. The number of ether oxygens (including phenoxy) is 1. The molecule has 0 bridgehead atoms. The van der Waals surface area contributed by atoms with Crippen molar-refractivity contribution in [1.29, 1.82) is 0 Å². The van der Waals surface area contributed by atoms with Crippen LogP contribution >= 0.6 is 0 Å². The fraction of sp³-hybridized carbons (Fsp3) is 0.405. The van der Waals surface area contributed by atoms with Gasteiger partial charge < -0.3 is 57.5 Å². The van der Waals surface area contributed by atoms with Crippen LogP contribution < -0.4 is 52.8 Å². The van der Waals surface area contributed by atoms with Crippen LogP contribution in [0, 0.1) is 11.8 Å². The minimum Gasteiger partial charge on any atom is -0.373 e. The van der Waals surface area contributed by atoms with E-state index in [2.05, 4.69) is 137 Å². The van der Waals surface area contributed by atoms with Crippen LogP contribution in [0.25, 0.3) is 85.2 Å². The van der Waals surface area contributed by atoms with E-state index in [1.54, 1.807) is 37.1 Å². The second-order valence-corrected chi connectivity index (χ2v) is 31.7. The maximum atomic E-state index is 13.0. The smallest absolute Gasteiger partial charge is 0.282 e. The lowest BCUT2D eigenvalue weighted by molar-refractivity contribution is 0.0463. The Morgan fingerprint density at radius 3 is 1.01 bits per heavy atom. The summed E-state index contributed by atoms with van der Waals surface area (Å²) in [4.78, 5) is 75.1. The monoisotopic (exact) mass is 1800 g/mol. The second-order valence-electron chi connectivity index (χ2n) is 31.7. The number of nitrogens with two attached hydrogens (primary N) is 4. The first-order valence-corrected chi connectivity index (χ1v) is 42.3. The predicted octanol–water partition coefficient (Wildman–Crippen LogP) is 10.6. The Labute approximate surface area is 736 Å². The van der Waals surface area contributed by atoms with Gasteiger partial charge >= 0.3 is 0 Å². The van der Waals surface area contributed by atoms with Crippen LogP contribution in [-0.2, 0) is 4.74 Å². The molecule has 130 heavy (non-hydrogen) atoms. The summed E-state index contributed by atoms with van der Waals surface area (Å²) >= 11 is 0. The van der Waals surface area contributed by atoms with Crippen molar-refractivity contribution in [2.24, 2.45) is 34.8 Å². The molecule has 15 aromatic heterocycles. The maximum absolute atomic E-state index is 13.0. The van der Waals surface area contributed by atoms with Gasteiger partial charge in [0.15, 0.2) is 28.2 Å². The van der Waals surface area contributed by atoms with E-state index < -0.39 is 32.1 Å². The molecule has 0 saturated carbocycles. The first-order chi connectivity index (χ1) is 63.1. The van der Waals surface area contributed by atoms with Gasteiger partial charge in [-0.05, 0) is 151 Å². The number of nitrogens with one attached hydrogen (secondary N) is 1. The topological polar surface area (TPSA) is 421 Å². The van der Waals surface area contributed by atoms with E-state index in [1.807, 2.05) is 31.3 Å². The van der Waals surface area contributed by atoms with E-state index in [0.717, 1.165) is 126 Å². The number of alkyl halides is 10. The fourth-order valence-electron chi connectivity index (χ4n) is 16.1. The van der Waals surface area contributed by atoms with E-state index in [1.165, 1.54) is 121 Å². The highest BCUT2D eigenvalue weighted by atomic mass is 19.3. The second kappa shape index (κ2) is 40.9. The van der Waals surface area contributed by atoms with E-state index >= 15 is 0 Å². The first kappa shape index (κ1) is 89.9. The van der Waals surface area contributed by atoms with Gasteiger partial charge in [-0.25, -0.2) is 141 Å². The van der Waals surface area contributed by atoms with Crippen LogP contribution in [0.4, 0.5) is 73.0 Å². The lowest BCUT2D eigenvalue weighted by Gasteiger charge is -2.37. The number of hydrogen-bond acceptors (Lipinski definition) is 31. The molecule has 6 atom stereocenters. The summed E-state index contributed by atoms with van der Waals surface area (Å²) in [5.41, 5.74) is 30.2. The SMILES string of the molecule is CC1CCC(N)CN1c1cc(-c2cnc3ccc(C(F)F)nn23)ncn1.CNCC1CCCN(c2cc(-c3cnc4ccc(C(F)F)nn34)ncn2)C1.NCC1CCCN(c2cc(-c3cnc4ccc(C(F)F)nn34)ncn2)C1.NCC1CN(c2cc(-c3cnc4ccc(C(F)F)nn34)ncn2)CCO1.N[C@H]1CCCN(c2cc(-c3cnc4ccc(C(F)F)nn34)ncn2)C1. The zero-order valence-corrected chi connectivity index (χ0v) is 70.5. The number of imidazole rings is 5. The highest BCUT2D eigenvalue weighted by Gasteiger charge is 2.30. The van der Waals surface area contributed by atoms with Crippen molar-refractivity contribution < 1.29 is 48.6 Å². The van der Waals surface area contributed by atoms with E-state index in [0.29, 0.717) is 136 Å². The molecule has 5 aliphatic rings. The minimum atomic E-state index is -2.66. The highest BCUT2D eigenvalue weighted by molar-refractivity contribution is 5.68. The van der Waals surface area contributed by atoms with Crippen LogP contribution in [-0.4, -0.2) is 239 Å². The Bertz CT molecular complexity index is 6170. The van der Waals surface area contributed by atoms with Crippen molar-refractivity contribution in [3.05, 3.63) is 182 Å². The number of nitrogens with zero attached hydrogens (tertiary/aromatic N) is 30. The normalized spacial score (nSPS) is 18.6. The van der Waals surface area contributed by atoms with Crippen LogP contribution in [0.2, 0.25) is 0 Å². The highest BCUT2D eigenvalue weighted by Crippen LogP contribution is 2.34. The summed E-state index contributed by atoms with van der Waals surface area (Å²) in [5, 5.41) is 23.2. The Morgan fingerprint density at radius 1 is 0.354 bits per heavy atom. The average molecular weight is 1800 g/mol. The summed E-state index contributed by atoms with van der Waals surface area (Å²) in [6, 6.07) is 23.7. The number of rotatable bonds is 19. The van der Waals surface area contributed by atoms with Gasteiger partial charge in [0.25, 0.3) is 32.1 Å². The Hall–Kier alpha value is -13.4. The van der Waals surface area contributed by atoms with E-state index in [4.69, 9.17) is 27.7 Å². The molecule has 680 valence electrons. The summed E-state index contributed by atoms with van der Waals surface area (Å²) in [5.74, 6) is 4.91.